The minimum absolute atomic E-state index is 0.105. The van der Waals surface area contributed by atoms with Crippen molar-refractivity contribution in [2.24, 2.45) is 5.92 Å². The average molecular weight is 474 g/mol. The number of piperidine rings is 1. The number of hydrogen-bond acceptors (Lipinski definition) is 3. The van der Waals surface area contributed by atoms with Gasteiger partial charge < -0.3 is 9.80 Å². The largest absolute Gasteiger partial charge is 0.369 e. The van der Waals surface area contributed by atoms with E-state index in [0.29, 0.717) is 18.9 Å². The van der Waals surface area contributed by atoms with Crippen LogP contribution >= 0.6 is 11.6 Å². The predicted molar refractivity (Wildman–Crippen MR) is 139 cm³/mol. The maximum absolute atomic E-state index is 13.1. The lowest BCUT2D eigenvalue weighted by Crippen LogP contribution is -2.51. The van der Waals surface area contributed by atoms with Crippen LogP contribution in [0.1, 0.15) is 30.0 Å². The second kappa shape index (κ2) is 10.6. The van der Waals surface area contributed by atoms with E-state index >= 15 is 0 Å². The summed E-state index contributed by atoms with van der Waals surface area (Å²) in [6.07, 6.45) is 1.57. The fraction of sp³-hybridized carbons (Fsp3) is 0.345. The van der Waals surface area contributed by atoms with Crippen molar-refractivity contribution in [2.75, 3.05) is 37.6 Å². The summed E-state index contributed by atoms with van der Waals surface area (Å²) in [4.78, 5) is 20.3. The molecule has 176 valence electrons. The molecule has 3 aromatic rings. The fourth-order valence-electron chi connectivity index (χ4n) is 5.47. The van der Waals surface area contributed by atoms with E-state index in [0.717, 1.165) is 44.2 Å². The van der Waals surface area contributed by atoms with Crippen LogP contribution < -0.4 is 4.90 Å². The van der Waals surface area contributed by atoms with E-state index in [2.05, 4.69) is 81.4 Å². The zero-order valence-electron chi connectivity index (χ0n) is 19.5. The maximum Gasteiger partial charge on any atom is 0.223 e. The van der Waals surface area contributed by atoms with Gasteiger partial charge in [0, 0.05) is 56.4 Å². The van der Waals surface area contributed by atoms with Gasteiger partial charge in [-0.05, 0) is 41.7 Å². The third-order valence-electron chi connectivity index (χ3n) is 7.21. The molecule has 3 aromatic carbocycles. The Labute approximate surface area is 207 Å². The summed E-state index contributed by atoms with van der Waals surface area (Å²) in [6.45, 7) is 5.72. The lowest BCUT2D eigenvalue weighted by molar-refractivity contribution is -0.140. The summed E-state index contributed by atoms with van der Waals surface area (Å²) in [5.41, 5.74) is 3.63. The van der Waals surface area contributed by atoms with Gasteiger partial charge in [0.2, 0.25) is 5.91 Å². The van der Waals surface area contributed by atoms with Gasteiger partial charge in [0.05, 0.1) is 6.04 Å². The molecule has 4 nitrogen and oxygen atoms in total. The van der Waals surface area contributed by atoms with Crippen molar-refractivity contribution in [1.82, 2.24) is 9.80 Å². The molecule has 5 heteroatoms. The minimum Gasteiger partial charge on any atom is -0.369 e. The van der Waals surface area contributed by atoms with E-state index in [9.17, 15) is 4.79 Å². The molecule has 2 atom stereocenters. The number of piperazine rings is 1. The SMILES string of the molecule is O=C1CC[C@@H](CN2CCN(c3cccc(Cl)c3)CC2)[C@H](c2ccccc2)N1Cc1ccccc1. The van der Waals surface area contributed by atoms with Gasteiger partial charge in [-0.25, -0.2) is 0 Å². The van der Waals surface area contributed by atoms with Gasteiger partial charge >= 0.3 is 0 Å². The number of likely N-dealkylation sites (tertiary alicyclic amines) is 1. The summed E-state index contributed by atoms with van der Waals surface area (Å²) < 4.78 is 0. The summed E-state index contributed by atoms with van der Waals surface area (Å²) in [5.74, 6) is 0.682. The Kier molecular flexibility index (Phi) is 7.17. The molecule has 5 rings (SSSR count). The van der Waals surface area contributed by atoms with E-state index in [4.69, 9.17) is 11.6 Å². The third kappa shape index (κ3) is 5.29. The number of anilines is 1. The third-order valence-corrected chi connectivity index (χ3v) is 7.44. The molecule has 0 saturated carbocycles. The highest BCUT2D eigenvalue weighted by molar-refractivity contribution is 6.30. The molecule has 0 bridgehead atoms. The molecule has 2 saturated heterocycles. The van der Waals surface area contributed by atoms with Crippen LogP contribution in [0.2, 0.25) is 5.02 Å². The normalized spacial score (nSPS) is 21.6. The number of carbonyl (C=O) groups excluding carboxylic acids is 1. The van der Waals surface area contributed by atoms with E-state index < -0.39 is 0 Å². The number of nitrogens with zero attached hydrogens (tertiary/aromatic N) is 3. The molecule has 2 aliphatic rings. The molecule has 2 fully saturated rings. The Bertz CT molecular complexity index is 1080. The first-order valence-electron chi connectivity index (χ1n) is 12.3. The van der Waals surface area contributed by atoms with Crippen LogP contribution in [0.4, 0.5) is 5.69 Å². The van der Waals surface area contributed by atoms with E-state index in [-0.39, 0.29) is 11.9 Å². The monoisotopic (exact) mass is 473 g/mol. The molecular weight excluding hydrogens is 442 g/mol. The number of amides is 1. The first-order valence-corrected chi connectivity index (χ1v) is 12.7. The molecule has 0 N–H and O–H groups in total. The summed E-state index contributed by atoms with van der Waals surface area (Å²) >= 11 is 6.21. The minimum atomic E-state index is 0.105. The topological polar surface area (TPSA) is 26.8 Å². The molecule has 34 heavy (non-hydrogen) atoms. The van der Waals surface area contributed by atoms with Gasteiger partial charge in [-0.2, -0.15) is 0 Å². The summed E-state index contributed by atoms with van der Waals surface area (Å²) in [7, 11) is 0. The van der Waals surface area contributed by atoms with Crippen molar-refractivity contribution in [1.29, 1.82) is 0 Å². The van der Waals surface area contributed by atoms with E-state index in [1.807, 2.05) is 18.2 Å². The second-order valence-electron chi connectivity index (χ2n) is 9.43. The Morgan fingerprint density at radius 3 is 2.24 bits per heavy atom. The van der Waals surface area contributed by atoms with Crippen LogP contribution in [0, 0.1) is 5.92 Å². The molecule has 0 spiro atoms. The highest BCUT2D eigenvalue weighted by Gasteiger charge is 2.37. The van der Waals surface area contributed by atoms with E-state index in [1.165, 1.54) is 16.8 Å². The van der Waals surface area contributed by atoms with Crippen LogP contribution in [0.3, 0.4) is 0 Å². The molecule has 0 radical (unpaired) electrons. The summed E-state index contributed by atoms with van der Waals surface area (Å²) in [6, 6.07) is 29.2. The first kappa shape index (κ1) is 22.9. The van der Waals surface area contributed by atoms with Crippen LogP contribution in [0.15, 0.2) is 84.9 Å². The van der Waals surface area contributed by atoms with Crippen molar-refractivity contribution in [3.8, 4) is 0 Å². The maximum atomic E-state index is 13.1. The molecule has 0 unspecified atom stereocenters. The lowest BCUT2D eigenvalue weighted by Gasteiger charge is -2.45. The number of halogens is 1. The van der Waals surface area contributed by atoms with E-state index in [1.54, 1.807) is 0 Å². The lowest BCUT2D eigenvalue weighted by atomic mass is 9.83. The highest BCUT2D eigenvalue weighted by Crippen LogP contribution is 2.38. The van der Waals surface area contributed by atoms with Crippen molar-refractivity contribution in [2.45, 2.75) is 25.4 Å². The Hall–Kier alpha value is -2.82. The van der Waals surface area contributed by atoms with Crippen LogP contribution in [0.5, 0.6) is 0 Å². The number of rotatable bonds is 6. The Morgan fingerprint density at radius 2 is 1.53 bits per heavy atom. The zero-order chi connectivity index (χ0) is 23.3. The molecule has 0 aliphatic carbocycles. The predicted octanol–water partition coefficient (Wildman–Crippen LogP) is 5.64. The van der Waals surface area contributed by atoms with Gasteiger partial charge in [0.25, 0.3) is 0 Å². The standard InChI is InChI=1S/C29H32ClN3O/c30-26-12-7-13-27(20-26)32-18-16-31(17-19-32)22-25-14-15-28(34)33(21-23-8-3-1-4-9-23)29(25)24-10-5-2-6-11-24/h1-13,20,25,29H,14-19,21-22H2/t25-,29-/m0/s1. The van der Waals surface area contributed by atoms with Crippen LogP contribution in [0.25, 0.3) is 0 Å². The Morgan fingerprint density at radius 1 is 0.824 bits per heavy atom. The van der Waals surface area contributed by atoms with Crippen LogP contribution in [-0.4, -0.2) is 48.4 Å². The van der Waals surface area contributed by atoms with Gasteiger partial charge in [-0.1, -0.05) is 78.3 Å². The molecule has 0 aromatic heterocycles. The van der Waals surface area contributed by atoms with Crippen molar-refractivity contribution in [3.63, 3.8) is 0 Å². The zero-order valence-corrected chi connectivity index (χ0v) is 20.3. The van der Waals surface area contributed by atoms with Crippen LogP contribution in [-0.2, 0) is 11.3 Å². The smallest absolute Gasteiger partial charge is 0.223 e. The highest BCUT2D eigenvalue weighted by atomic mass is 35.5. The fourth-order valence-corrected chi connectivity index (χ4v) is 5.66. The van der Waals surface area contributed by atoms with Crippen molar-refractivity contribution >= 4 is 23.2 Å². The Balaban J connectivity index is 1.31. The number of hydrogen-bond donors (Lipinski definition) is 0. The average Bonchev–Trinajstić information content (AvgIpc) is 2.88. The van der Waals surface area contributed by atoms with Gasteiger partial charge in [-0.3, -0.25) is 9.69 Å². The summed E-state index contributed by atoms with van der Waals surface area (Å²) in [5, 5.41) is 0.788. The van der Waals surface area contributed by atoms with Crippen molar-refractivity contribution < 1.29 is 4.79 Å². The van der Waals surface area contributed by atoms with Crippen molar-refractivity contribution in [3.05, 3.63) is 101 Å². The second-order valence-corrected chi connectivity index (χ2v) is 9.87. The molecule has 1 amide bonds. The molecule has 2 aliphatic heterocycles. The number of benzene rings is 3. The van der Waals surface area contributed by atoms with Gasteiger partial charge in [0.15, 0.2) is 0 Å². The van der Waals surface area contributed by atoms with Gasteiger partial charge in [0.1, 0.15) is 0 Å². The van der Waals surface area contributed by atoms with Gasteiger partial charge in [-0.15, -0.1) is 0 Å². The molecular formula is C29H32ClN3O. The first-order chi connectivity index (χ1) is 16.7. The quantitative estimate of drug-likeness (QED) is 0.463. The molecule has 2 heterocycles. The number of carbonyl (C=O) groups is 1.